The molecule has 0 aliphatic carbocycles. The number of rotatable bonds is 2. The summed E-state index contributed by atoms with van der Waals surface area (Å²) in [6.07, 6.45) is 4.28. The maximum Gasteiger partial charge on any atom is 0.163 e. The molecule has 0 aromatic carbocycles. The number of H-pyrrole nitrogens is 1. The second kappa shape index (κ2) is 4.90. The van der Waals surface area contributed by atoms with Crippen LogP contribution in [0.5, 0.6) is 0 Å². The number of aryl methyl sites for hydroxylation is 1. The third kappa shape index (κ3) is 2.13. The Kier molecular flexibility index (Phi) is 3.24. The van der Waals surface area contributed by atoms with Gasteiger partial charge < -0.3 is 4.98 Å². The quantitative estimate of drug-likeness (QED) is 0.769. The molecule has 4 nitrogen and oxygen atoms in total. The zero-order valence-corrected chi connectivity index (χ0v) is 12.5. The fourth-order valence-corrected chi connectivity index (χ4v) is 2.68. The van der Waals surface area contributed by atoms with Crippen molar-refractivity contribution in [3.8, 4) is 11.4 Å². The third-order valence-electron chi connectivity index (χ3n) is 2.88. The molecule has 6 heteroatoms. The van der Waals surface area contributed by atoms with Crippen molar-refractivity contribution in [1.29, 1.82) is 0 Å². The molecule has 0 atom stereocenters. The molecule has 0 unspecified atom stereocenters. The van der Waals surface area contributed by atoms with Gasteiger partial charge in [0.1, 0.15) is 10.8 Å². The highest BCUT2D eigenvalue weighted by atomic mass is 79.9. The van der Waals surface area contributed by atoms with Crippen LogP contribution in [-0.2, 0) is 6.42 Å². The first-order chi connectivity index (χ1) is 9.20. The molecule has 0 saturated heterocycles. The Hall–Kier alpha value is -1.46. The van der Waals surface area contributed by atoms with Crippen molar-refractivity contribution in [2.75, 3.05) is 0 Å². The van der Waals surface area contributed by atoms with Crippen LogP contribution in [0.2, 0.25) is 5.15 Å². The summed E-state index contributed by atoms with van der Waals surface area (Å²) in [4.78, 5) is 16.3. The standard InChI is InChI=1S/C13H10BrClN4/c1-2-8-9-10(14)11(15)18-13(9)19-12(17-8)7-4-3-5-16-6-7/h3-6H,2H2,1H3,(H,17,18,19). The fraction of sp³-hybridized carbons (Fsp3) is 0.154. The summed E-state index contributed by atoms with van der Waals surface area (Å²) in [7, 11) is 0. The van der Waals surface area contributed by atoms with E-state index in [2.05, 4.69) is 42.8 Å². The summed E-state index contributed by atoms with van der Waals surface area (Å²) in [6, 6.07) is 3.80. The van der Waals surface area contributed by atoms with E-state index in [0.29, 0.717) is 11.0 Å². The van der Waals surface area contributed by atoms with E-state index in [1.54, 1.807) is 12.4 Å². The molecule has 1 N–H and O–H groups in total. The van der Waals surface area contributed by atoms with Gasteiger partial charge in [-0.2, -0.15) is 0 Å². The number of aromatic nitrogens is 4. The SMILES string of the molecule is CCc1nc(-c2cccnc2)nc2[nH]c(Cl)c(Br)c12. The van der Waals surface area contributed by atoms with Crippen LogP contribution in [-0.4, -0.2) is 19.9 Å². The second-order valence-electron chi connectivity index (χ2n) is 4.07. The van der Waals surface area contributed by atoms with Gasteiger partial charge in [0.05, 0.1) is 15.6 Å². The second-order valence-corrected chi connectivity index (χ2v) is 5.24. The fourth-order valence-electron chi connectivity index (χ4n) is 1.98. The van der Waals surface area contributed by atoms with E-state index >= 15 is 0 Å². The lowest BCUT2D eigenvalue weighted by molar-refractivity contribution is 1.03. The van der Waals surface area contributed by atoms with E-state index < -0.39 is 0 Å². The van der Waals surface area contributed by atoms with Crippen LogP contribution in [0.15, 0.2) is 29.0 Å². The Balaban J connectivity index is 2.29. The lowest BCUT2D eigenvalue weighted by Crippen LogP contribution is -1.96. The largest absolute Gasteiger partial charge is 0.329 e. The number of nitrogens with zero attached hydrogens (tertiary/aromatic N) is 3. The number of hydrogen-bond donors (Lipinski definition) is 1. The smallest absolute Gasteiger partial charge is 0.163 e. The molecule has 0 radical (unpaired) electrons. The molecule has 0 amide bonds. The number of halogens is 2. The van der Waals surface area contributed by atoms with E-state index in [-0.39, 0.29) is 0 Å². The first-order valence-corrected chi connectivity index (χ1v) is 7.01. The maximum atomic E-state index is 6.10. The molecule has 3 rings (SSSR count). The molecule has 0 aliphatic heterocycles. The Morgan fingerprint density at radius 1 is 1.37 bits per heavy atom. The number of fused-ring (bicyclic) bond motifs is 1. The van der Waals surface area contributed by atoms with Crippen LogP contribution in [0, 0.1) is 0 Å². The maximum absolute atomic E-state index is 6.10. The van der Waals surface area contributed by atoms with Crippen LogP contribution in [0.25, 0.3) is 22.4 Å². The summed E-state index contributed by atoms with van der Waals surface area (Å²) in [5.41, 5.74) is 2.59. The molecule has 3 aromatic heterocycles. The molecule has 0 aliphatic rings. The average Bonchev–Trinajstić information content (AvgIpc) is 2.74. The van der Waals surface area contributed by atoms with Crippen LogP contribution >= 0.6 is 27.5 Å². The first-order valence-electron chi connectivity index (χ1n) is 5.84. The van der Waals surface area contributed by atoms with Crippen molar-refractivity contribution in [2.45, 2.75) is 13.3 Å². The molecule has 19 heavy (non-hydrogen) atoms. The van der Waals surface area contributed by atoms with Crippen molar-refractivity contribution < 1.29 is 0 Å². The summed E-state index contributed by atoms with van der Waals surface area (Å²) >= 11 is 9.56. The molecular weight excluding hydrogens is 328 g/mol. The molecule has 96 valence electrons. The van der Waals surface area contributed by atoms with E-state index in [0.717, 1.165) is 33.2 Å². The molecular formula is C13H10BrClN4. The van der Waals surface area contributed by atoms with Crippen molar-refractivity contribution in [2.24, 2.45) is 0 Å². The van der Waals surface area contributed by atoms with Gasteiger partial charge in [-0.05, 0) is 34.5 Å². The van der Waals surface area contributed by atoms with Gasteiger partial charge in [0.2, 0.25) is 0 Å². The highest BCUT2D eigenvalue weighted by Gasteiger charge is 2.15. The van der Waals surface area contributed by atoms with Gasteiger partial charge >= 0.3 is 0 Å². The van der Waals surface area contributed by atoms with Gasteiger partial charge in [-0.1, -0.05) is 18.5 Å². The van der Waals surface area contributed by atoms with Crippen LogP contribution < -0.4 is 0 Å². The lowest BCUT2D eigenvalue weighted by Gasteiger charge is -2.04. The van der Waals surface area contributed by atoms with Gasteiger partial charge in [0.25, 0.3) is 0 Å². The minimum Gasteiger partial charge on any atom is -0.329 e. The lowest BCUT2D eigenvalue weighted by atomic mass is 10.2. The number of hydrogen-bond acceptors (Lipinski definition) is 3. The van der Waals surface area contributed by atoms with Crippen molar-refractivity contribution in [3.63, 3.8) is 0 Å². The van der Waals surface area contributed by atoms with Crippen LogP contribution in [0.4, 0.5) is 0 Å². The van der Waals surface area contributed by atoms with Crippen molar-refractivity contribution >= 4 is 38.6 Å². The molecule has 0 bridgehead atoms. The molecule has 0 spiro atoms. The Morgan fingerprint density at radius 2 is 2.21 bits per heavy atom. The highest BCUT2D eigenvalue weighted by Crippen LogP contribution is 2.33. The third-order valence-corrected chi connectivity index (χ3v) is 4.18. The first kappa shape index (κ1) is 12.6. The van der Waals surface area contributed by atoms with E-state index in [4.69, 9.17) is 11.6 Å². The minimum absolute atomic E-state index is 0.544. The Morgan fingerprint density at radius 3 is 2.89 bits per heavy atom. The van der Waals surface area contributed by atoms with Crippen molar-refractivity contribution in [1.82, 2.24) is 19.9 Å². The van der Waals surface area contributed by atoms with E-state index in [1.165, 1.54) is 0 Å². The summed E-state index contributed by atoms with van der Waals surface area (Å²) < 4.78 is 0.818. The van der Waals surface area contributed by atoms with Gasteiger partial charge in [0.15, 0.2) is 5.82 Å². The van der Waals surface area contributed by atoms with Crippen molar-refractivity contribution in [3.05, 3.63) is 39.8 Å². The van der Waals surface area contributed by atoms with Gasteiger partial charge in [-0.3, -0.25) is 4.98 Å². The topological polar surface area (TPSA) is 54.5 Å². The normalized spacial score (nSPS) is 11.1. The number of aromatic amines is 1. The zero-order chi connectivity index (χ0) is 13.4. The molecule has 0 fully saturated rings. The summed E-state index contributed by atoms with van der Waals surface area (Å²) in [5, 5.41) is 1.49. The molecule has 0 saturated carbocycles. The van der Waals surface area contributed by atoms with Gasteiger partial charge in [-0.25, -0.2) is 9.97 Å². The summed E-state index contributed by atoms with van der Waals surface area (Å²) in [6.45, 7) is 2.06. The van der Waals surface area contributed by atoms with E-state index in [1.807, 2.05) is 12.1 Å². The zero-order valence-electron chi connectivity index (χ0n) is 10.1. The minimum atomic E-state index is 0.544. The van der Waals surface area contributed by atoms with Gasteiger partial charge in [0, 0.05) is 18.0 Å². The van der Waals surface area contributed by atoms with Gasteiger partial charge in [-0.15, -0.1) is 0 Å². The number of nitrogens with one attached hydrogen (secondary N) is 1. The van der Waals surface area contributed by atoms with E-state index in [9.17, 15) is 0 Å². The number of pyridine rings is 1. The van der Waals surface area contributed by atoms with Crippen LogP contribution in [0.3, 0.4) is 0 Å². The molecule has 3 heterocycles. The van der Waals surface area contributed by atoms with Crippen LogP contribution in [0.1, 0.15) is 12.6 Å². The monoisotopic (exact) mass is 336 g/mol. The predicted octanol–water partition coefficient (Wildman–Crippen LogP) is 4.00. The summed E-state index contributed by atoms with van der Waals surface area (Å²) in [5.74, 6) is 0.655. The average molecular weight is 338 g/mol. The molecule has 3 aromatic rings. The highest BCUT2D eigenvalue weighted by molar-refractivity contribution is 9.10. The Labute approximate surface area is 123 Å². The predicted molar refractivity (Wildman–Crippen MR) is 79.2 cm³/mol. The Bertz CT molecular complexity index is 739.